The van der Waals surface area contributed by atoms with Gasteiger partial charge in [-0.05, 0) is 32.6 Å². The van der Waals surface area contributed by atoms with Gasteiger partial charge in [-0.25, -0.2) is 0 Å². The molecule has 0 aliphatic heterocycles. The zero-order chi connectivity index (χ0) is 16.4. The monoisotopic (exact) mass is 309 g/mol. The number of alkyl halides is 3. The predicted molar refractivity (Wildman–Crippen MR) is 70.5 cm³/mol. The van der Waals surface area contributed by atoms with Gasteiger partial charge in [-0.2, -0.15) is 13.2 Å². The second-order valence-corrected chi connectivity index (χ2v) is 5.97. The van der Waals surface area contributed by atoms with E-state index in [-0.39, 0.29) is 5.92 Å². The number of nitrogens with zero attached hydrogens (tertiary/aromatic N) is 1. The van der Waals surface area contributed by atoms with Crippen molar-refractivity contribution in [1.29, 1.82) is 0 Å². The van der Waals surface area contributed by atoms with Gasteiger partial charge in [-0.1, -0.05) is 13.3 Å². The molecule has 1 N–H and O–H groups in total. The normalized spacial score (nSPS) is 26.1. The van der Waals surface area contributed by atoms with Gasteiger partial charge in [0.05, 0.1) is 11.8 Å². The van der Waals surface area contributed by atoms with Crippen LogP contribution in [0.15, 0.2) is 0 Å². The SMILES string of the molecule is CCC1C[C@H](C(=O)N(CC(F)(F)F)C(C)C)[C@H](C(=O)O)C1. The van der Waals surface area contributed by atoms with Crippen molar-refractivity contribution < 1.29 is 27.9 Å². The number of aliphatic carboxylic acids is 1. The molecule has 1 fully saturated rings. The number of carbonyl (C=O) groups excluding carboxylic acids is 1. The van der Waals surface area contributed by atoms with Crippen LogP contribution in [0.25, 0.3) is 0 Å². The van der Waals surface area contributed by atoms with Gasteiger partial charge >= 0.3 is 12.1 Å². The van der Waals surface area contributed by atoms with E-state index in [9.17, 15) is 27.9 Å². The zero-order valence-electron chi connectivity index (χ0n) is 12.5. The molecule has 0 aromatic heterocycles. The summed E-state index contributed by atoms with van der Waals surface area (Å²) >= 11 is 0. The first kappa shape index (κ1) is 17.8. The van der Waals surface area contributed by atoms with Crippen LogP contribution in [-0.4, -0.2) is 40.6 Å². The summed E-state index contributed by atoms with van der Waals surface area (Å²) in [7, 11) is 0. The number of halogens is 3. The summed E-state index contributed by atoms with van der Waals surface area (Å²) in [6, 6.07) is -0.616. The third kappa shape index (κ3) is 4.61. The van der Waals surface area contributed by atoms with Gasteiger partial charge in [-0.15, -0.1) is 0 Å². The van der Waals surface area contributed by atoms with E-state index in [1.54, 1.807) is 0 Å². The molecule has 1 rings (SSSR count). The highest BCUT2D eigenvalue weighted by Gasteiger charge is 2.45. The lowest BCUT2D eigenvalue weighted by molar-refractivity contribution is -0.169. The first-order valence-corrected chi connectivity index (χ1v) is 7.16. The van der Waals surface area contributed by atoms with E-state index in [0.717, 1.165) is 11.3 Å². The quantitative estimate of drug-likeness (QED) is 0.849. The Bertz CT molecular complexity index is 395. The molecule has 1 unspecified atom stereocenters. The van der Waals surface area contributed by atoms with Crippen LogP contribution in [0.4, 0.5) is 13.2 Å². The number of carboxylic acid groups (broad SMARTS) is 1. The lowest BCUT2D eigenvalue weighted by Gasteiger charge is -2.31. The molecule has 21 heavy (non-hydrogen) atoms. The van der Waals surface area contributed by atoms with Gasteiger partial charge in [0.15, 0.2) is 0 Å². The molecule has 122 valence electrons. The highest BCUT2D eigenvalue weighted by Crippen LogP contribution is 2.40. The van der Waals surface area contributed by atoms with Crippen LogP contribution in [0.2, 0.25) is 0 Å². The van der Waals surface area contributed by atoms with E-state index in [1.165, 1.54) is 13.8 Å². The van der Waals surface area contributed by atoms with E-state index >= 15 is 0 Å². The average Bonchev–Trinajstić information content (AvgIpc) is 2.78. The number of rotatable bonds is 5. The molecule has 4 nitrogen and oxygen atoms in total. The molecule has 0 aromatic rings. The maximum Gasteiger partial charge on any atom is 0.406 e. The van der Waals surface area contributed by atoms with Crippen LogP contribution in [-0.2, 0) is 9.59 Å². The molecular weight excluding hydrogens is 287 g/mol. The highest BCUT2D eigenvalue weighted by molar-refractivity contribution is 5.85. The summed E-state index contributed by atoms with van der Waals surface area (Å²) in [5.41, 5.74) is 0. The van der Waals surface area contributed by atoms with Crippen LogP contribution >= 0.6 is 0 Å². The van der Waals surface area contributed by atoms with Gasteiger partial charge in [0.25, 0.3) is 0 Å². The molecular formula is C14H22F3NO3. The van der Waals surface area contributed by atoms with Crippen LogP contribution in [0.1, 0.15) is 40.0 Å². The Morgan fingerprint density at radius 1 is 1.24 bits per heavy atom. The second-order valence-electron chi connectivity index (χ2n) is 5.97. The minimum absolute atomic E-state index is 0.0833. The number of hydrogen-bond donors (Lipinski definition) is 1. The molecule has 0 heterocycles. The van der Waals surface area contributed by atoms with Gasteiger partial charge in [-0.3, -0.25) is 9.59 Å². The lowest BCUT2D eigenvalue weighted by Crippen LogP contribution is -2.47. The Morgan fingerprint density at radius 2 is 1.76 bits per heavy atom. The van der Waals surface area contributed by atoms with Crippen LogP contribution in [0.3, 0.4) is 0 Å². The molecule has 1 aliphatic carbocycles. The van der Waals surface area contributed by atoms with Gasteiger partial charge < -0.3 is 10.0 Å². The summed E-state index contributed by atoms with van der Waals surface area (Å²) < 4.78 is 37.8. The van der Waals surface area contributed by atoms with Gasteiger partial charge in [0.1, 0.15) is 6.54 Å². The smallest absolute Gasteiger partial charge is 0.406 e. The Hall–Kier alpha value is -1.27. The molecule has 0 radical (unpaired) electrons. The van der Waals surface area contributed by atoms with Gasteiger partial charge in [0.2, 0.25) is 5.91 Å². The minimum atomic E-state index is -4.48. The van der Waals surface area contributed by atoms with Crippen molar-refractivity contribution in [2.45, 2.75) is 52.3 Å². The molecule has 0 spiro atoms. The Labute approximate surface area is 122 Å². The van der Waals surface area contributed by atoms with E-state index in [4.69, 9.17) is 0 Å². The Balaban J connectivity index is 2.93. The predicted octanol–water partition coefficient (Wildman–Crippen LogP) is 2.92. The zero-order valence-corrected chi connectivity index (χ0v) is 12.5. The fourth-order valence-corrected chi connectivity index (χ4v) is 2.94. The third-order valence-corrected chi connectivity index (χ3v) is 4.13. The van der Waals surface area contributed by atoms with E-state index < -0.39 is 42.5 Å². The summed E-state index contributed by atoms with van der Waals surface area (Å²) in [5, 5.41) is 9.21. The molecule has 1 aliphatic rings. The summed E-state index contributed by atoms with van der Waals surface area (Å²) in [4.78, 5) is 24.4. The lowest BCUT2D eigenvalue weighted by atomic mass is 9.94. The number of carbonyl (C=O) groups is 2. The summed E-state index contributed by atoms with van der Waals surface area (Å²) in [6.07, 6.45) is -3.04. The highest BCUT2D eigenvalue weighted by atomic mass is 19.4. The topological polar surface area (TPSA) is 57.6 Å². The van der Waals surface area contributed by atoms with Crippen molar-refractivity contribution in [1.82, 2.24) is 4.90 Å². The molecule has 0 aromatic carbocycles. The fourth-order valence-electron chi connectivity index (χ4n) is 2.94. The van der Waals surface area contributed by atoms with E-state index in [2.05, 4.69) is 0 Å². The van der Waals surface area contributed by atoms with Gasteiger partial charge in [0, 0.05) is 6.04 Å². The molecule has 7 heteroatoms. The van der Waals surface area contributed by atoms with Crippen molar-refractivity contribution in [3.05, 3.63) is 0 Å². The maximum absolute atomic E-state index is 12.6. The van der Waals surface area contributed by atoms with Crippen LogP contribution in [0, 0.1) is 17.8 Å². The second kappa shape index (κ2) is 6.66. The number of amides is 1. The number of hydrogen-bond acceptors (Lipinski definition) is 2. The summed E-state index contributed by atoms with van der Waals surface area (Å²) in [6.45, 7) is 3.58. The van der Waals surface area contributed by atoms with Crippen molar-refractivity contribution in [2.75, 3.05) is 6.54 Å². The Kier molecular flexibility index (Phi) is 5.64. The fraction of sp³-hybridized carbons (Fsp3) is 0.857. The first-order valence-electron chi connectivity index (χ1n) is 7.16. The largest absolute Gasteiger partial charge is 0.481 e. The standard InChI is InChI=1S/C14H22F3NO3/c1-4-9-5-10(11(6-9)13(20)21)12(19)18(8(2)3)7-14(15,16)17/h8-11H,4-7H2,1-3H3,(H,20,21)/t9?,10-,11+/m0/s1. The minimum Gasteiger partial charge on any atom is -0.481 e. The van der Waals surface area contributed by atoms with Crippen molar-refractivity contribution in [3.8, 4) is 0 Å². The number of carboxylic acids is 1. The molecule has 0 saturated heterocycles. The maximum atomic E-state index is 12.6. The molecule has 0 bridgehead atoms. The Morgan fingerprint density at radius 3 is 2.14 bits per heavy atom. The third-order valence-electron chi connectivity index (χ3n) is 4.13. The molecule has 1 saturated carbocycles. The summed E-state index contributed by atoms with van der Waals surface area (Å²) in [5.74, 6) is -3.43. The van der Waals surface area contributed by atoms with Crippen LogP contribution < -0.4 is 0 Å². The van der Waals surface area contributed by atoms with E-state index in [1.807, 2.05) is 6.92 Å². The van der Waals surface area contributed by atoms with Crippen molar-refractivity contribution in [2.24, 2.45) is 17.8 Å². The first-order chi connectivity index (χ1) is 9.56. The molecule has 1 amide bonds. The average molecular weight is 309 g/mol. The van der Waals surface area contributed by atoms with Crippen molar-refractivity contribution >= 4 is 11.9 Å². The molecule has 3 atom stereocenters. The van der Waals surface area contributed by atoms with Crippen LogP contribution in [0.5, 0.6) is 0 Å². The van der Waals surface area contributed by atoms with E-state index in [0.29, 0.717) is 12.8 Å². The van der Waals surface area contributed by atoms with Crippen molar-refractivity contribution in [3.63, 3.8) is 0 Å².